The Labute approximate surface area is 124 Å². The van der Waals surface area contributed by atoms with Gasteiger partial charge in [0.05, 0.1) is 22.5 Å². The number of hydrogen-bond donors (Lipinski definition) is 2. The lowest BCUT2D eigenvalue weighted by Gasteiger charge is -2.18. The topological polar surface area (TPSA) is 55.9 Å². The number of nitrogens with one attached hydrogen (secondary N) is 1. The number of aromatic nitrogens is 2. The van der Waals surface area contributed by atoms with Crippen molar-refractivity contribution in [1.82, 2.24) is 15.2 Å². The molecule has 1 unspecified atom stereocenters. The van der Waals surface area contributed by atoms with Crippen molar-refractivity contribution in [2.45, 2.75) is 33.2 Å². The Balaban J connectivity index is 2.33. The SMILES string of the molecule is Cc1cc(C)cc(C(Cc2c(Cl)c(C)nn2C)NN)c1. The maximum absolute atomic E-state index is 6.31. The summed E-state index contributed by atoms with van der Waals surface area (Å²) in [5.41, 5.74) is 8.35. The minimum atomic E-state index is 0.0147. The Morgan fingerprint density at radius 2 is 1.85 bits per heavy atom. The van der Waals surface area contributed by atoms with E-state index in [9.17, 15) is 0 Å². The highest BCUT2D eigenvalue weighted by molar-refractivity contribution is 6.31. The van der Waals surface area contributed by atoms with E-state index < -0.39 is 0 Å². The molecule has 0 aliphatic carbocycles. The normalized spacial score (nSPS) is 12.7. The van der Waals surface area contributed by atoms with E-state index in [4.69, 9.17) is 17.4 Å². The van der Waals surface area contributed by atoms with E-state index >= 15 is 0 Å². The number of nitrogens with two attached hydrogens (primary N) is 1. The summed E-state index contributed by atoms with van der Waals surface area (Å²) in [7, 11) is 1.91. The van der Waals surface area contributed by atoms with Crippen LogP contribution < -0.4 is 11.3 Å². The summed E-state index contributed by atoms with van der Waals surface area (Å²) in [4.78, 5) is 0. The third kappa shape index (κ3) is 3.03. The van der Waals surface area contributed by atoms with Gasteiger partial charge < -0.3 is 0 Å². The lowest BCUT2D eigenvalue weighted by molar-refractivity contribution is 0.529. The van der Waals surface area contributed by atoms with Crippen LogP contribution in [0.4, 0.5) is 0 Å². The maximum Gasteiger partial charge on any atom is 0.0847 e. The summed E-state index contributed by atoms with van der Waals surface area (Å²) in [6.07, 6.45) is 0.704. The van der Waals surface area contributed by atoms with Crippen LogP contribution in [0.25, 0.3) is 0 Å². The van der Waals surface area contributed by atoms with Crippen LogP contribution in [-0.4, -0.2) is 9.78 Å². The molecule has 20 heavy (non-hydrogen) atoms. The van der Waals surface area contributed by atoms with E-state index in [0.29, 0.717) is 6.42 Å². The molecule has 0 aliphatic rings. The minimum Gasteiger partial charge on any atom is -0.271 e. The molecule has 0 fully saturated rings. The quantitative estimate of drug-likeness (QED) is 0.673. The van der Waals surface area contributed by atoms with Crippen molar-refractivity contribution >= 4 is 11.6 Å². The van der Waals surface area contributed by atoms with E-state index in [1.165, 1.54) is 16.7 Å². The van der Waals surface area contributed by atoms with E-state index in [2.05, 4.69) is 42.6 Å². The molecule has 1 heterocycles. The highest BCUT2D eigenvalue weighted by Crippen LogP contribution is 2.26. The van der Waals surface area contributed by atoms with Crippen molar-refractivity contribution in [2.24, 2.45) is 12.9 Å². The molecular weight excluding hydrogens is 272 g/mol. The summed E-state index contributed by atoms with van der Waals surface area (Å²) in [6, 6.07) is 6.46. The summed E-state index contributed by atoms with van der Waals surface area (Å²) in [5, 5.41) is 5.06. The molecule has 5 heteroatoms. The number of hydrogen-bond acceptors (Lipinski definition) is 3. The summed E-state index contributed by atoms with van der Waals surface area (Å²) >= 11 is 6.31. The van der Waals surface area contributed by atoms with Gasteiger partial charge in [0.1, 0.15) is 0 Å². The van der Waals surface area contributed by atoms with Crippen LogP contribution in [-0.2, 0) is 13.5 Å². The van der Waals surface area contributed by atoms with Crippen LogP contribution in [0, 0.1) is 20.8 Å². The number of hydrazine groups is 1. The minimum absolute atomic E-state index is 0.0147. The van der Waals surface area contributed by atoms with Gasteiger partial charge in [-0.1, -0.05) is 40.9 Å². The fourth-order valence-corrected chi connectivity index (χ4v) is 2.82. The third-order valence-corrected chi connectivity index (χ3v) is 4.00. The Hall–Kier alpha value is -1.36. The summed E-state index contributed by atoms with van der Waals surface area (Å²) in [6.45, 7) is 6.09. The highest BCUT2D eigenvalue weighted by Gasteiger charge is 2.18. The number of rotatable bonds is 4. The number of halogens is 1. The van der Waals surface area contributed by atoms with Gasteiger partial charge in [0.15, 0.2) is 0 Å². The molecule has 1 aromatic carbocycles. The van der Waals surface area contributed by atoms with E-state index in [1.807, 2.05) is 18.7 Å². The first-order valence-electron chi connectivity index (χ1n) is 6.64. The van der Waals surface area contributed by atoms with Crippen LogP contribution in [0.5, 0.6) is 0 Å². The summed E-state index contributed by atoms with van der Waals surface area (Å²) in [5.74, 6) is 5.74. The average Bonchev–Trinajstić information content (AvgIpc) is 2.60. The maximum atomic E-state index is 6.31. The Morgan fingerprint density at radius 1 is 1.25 bits per heavy atom. The van der Waals surface area contributed by atoms with Gasteiger partial charge in [0.2, 0.25) is 0 Å². The van der Waals surface area contributed by atoms with Crippen molar-refractivity contribution in [3.8, 4) is 0 Å². The van der Waals surface area contributed by atoms with E-state index in [0.717, 1.165) is 16.4 Å². The van der Waals surface area contributed by atoms with Gasteiger partial charge in [-0.2, -0.15) is 5.10 Å². The van der Waals surface area contributed by atoms with Crippen LogP contribution in [0.3, 0.4) is 0 Å². The van der Waals surface area contributed by atoms with Crippen LogP contribution in [0.1, 0.15) is 34.1 Å². The number of nitrogens with zero attached hydrogens (tertiary/aromatic N) is 2. The first kappa shape index (κ1) is 15.0. The zero-order chi connectivity index (χ0) is 14.9. The molecule has 1 aromatic heterocycles. The largest absolute Gasteiger partial charge is 0.271 e. The van der Waals surface area contributed by atoms with Crippen molar-refractivity contribution in [2.75, 3.05) is 0 Å². The molecule has 108 valence electrons. The molecule has 0 amide bonds. The highest BCUT2D eigenvalue weighted by atomic mass is 35.5. The van der Waals surface area contributed by atoms with Gasteiger partial charge in [-0.05, 0) is 26.3 Å². The molecule has 0 aliphatic heterocycles. The molecule has 3 N–H and O–H groups in total. The Bertz CT molecular complexity index is 598. The van der Waals surface area contributed by atoms with Crippen molar-refractivity contribution in [1.29, 1.82) is 0 Å². The number of aryl methyl sites for hydroxylation is 4. The second kappa shape index (κ2) is 5.95. The smallest absolute Gasteiger partial charge is 0.0847 e. The zero-order valence-electron chi connectivity index (χ0n) is 12.4. The molecule has 2 rings (SSSR count). The van der Waals surface area contributed by atoms with Gasteiger partial charge in [-0.15, -0.1) is 0 Å². The lowest BCUT2D eigenvalue weighted by Crippen LogP contribution is -2.30. The second-order valence-electron chi connectivity index (χ2n) is 5.31. The standard InChI is InChI=1S/C15H21ClN4/c1-9-5-10(2)7-12(6-9)13(18-17)8-14-15(16)11(3)19-20(14)4/h5-7,13,18H,8,17H2,1-4H3. The van der Waals surface area contributed by atoms with Gasteiger partial charge in [-0.3, -0.25) is 16.0 Å². The molecule has 0 saturated carbocycles. The average molecular weight is 293 g/mol. The Morgan fingerprint density at radius 3 is 2.30 bits per heavy atom. The fourth-order valence-electron chi connectivity index (χ4n) is 2.58. The van der Waals surface area contributed by atoms with E-state index in [-0.39, 0.29) is 6.04 Å². The van der Waals surface area contributed by atoms with Crippen molar-refractivity contribution in [3.05, 3.63) is 51.3 Å². The molecule has 0 spiro atoms. The predicted octanol–water partition coefficient (Wildman–Crippen LogP) is 2.75. The second-order valence-corrected chi connectivity index (χ2v) is 5.69. The van der Waals surface area contributed by atoms with Crippen LogP contribution >= 0.6 is 11.6 Å². The molecule has 0 bridgehead atoms. The van der Waals surface area contributed by atoms with Crippen molar-refractivity contribution in [3.63, 3.8) is 0 Å². The van der Waals surface area contributed by atoms with Gasteiger partial charge in [0.25, 0.3) is 0 Å². The molecule has 0 saturated heterocycles. The molecule has 0 radical (unpaired) electrons. The number of benzene rings is 1. The molecule has 1 atom stereocenters. The first-order valence-corrected chi connectivity index (χ1v) is 7.02. The fraction of sp³-hybridized carbons (Fsp3) is 0.400. The van der Waals surface area contributed by atoms with Crippen LogP contribution in [0.15, 0.2) is 18.2 Å². The summed E-state index contributed by atoms with van der Waals surface area (Å²) < 4.78 is 1.82. The van der Waals surface area contributed by atoms with E-state index in [1.54, 1.807) is 0 Å². The molecular formula is C15H21ClN4. The molecule has 2 aromatic rings. The first-order chi connectivity index (χ1) is 9.42. The van der Waals surface area contributed by atoms with Crippen molar-refractivity contribution < 1.29 is 0 Å². The Kier molecular flexibility index (Phi) is 4.48. The predicted molar refractivity (Wildman–Crippen MR) is 82.6 cm³/mol. The monoisotopic (exact) mass is 292 g/mol. The zero-order valence-corrected chi connectivity index (χ0v) is 13.1. The molecule has 4 nitrogen and oxygen atoms in total. The third-order valence-electron chi connectivity index (χ3n) is 3.51. The lowest BCUT2D eigenvalue weighted by atomic mass is 9.98. The van der Waals surface area contributed by atoms with Crippen LogP contribution in [0.2, 0.25) is 5.02 Å². The van der Waals surface area contributed by atoms with Gasteiger partial charge in [0, 0.05) is 13.5 Å². The van der Waals surface area contributed by atoms with Gasteiger partial charge in [-0.25, -0.2) is 0 Å². The van der Waals surface area contributed by atoms with Gasteiger partial charge >= 0.3 is 0 Å².